The molecule has 0 radical (unpaired) electrons. The van der Waals surface area contributed by atoms with Gasteiger partial charge in [0.1, 0.15) is 5.69 Å². The highest BCUT2D eigenvalue weighted by atomic mass is 16.5. The topological polar surface area (TPSA) is 79.4 Å². The third-order valence-corrected chi connectivity index (χ3v) is 3.33. The predicted octanol–water partition coefficient (Wildman–Crippen LogP) is 1.12. The first-order chi connectivity index (χ1) is 9.78. The van der Waals surface area contributed by atoms with Crippen molar-refractivity contribution in [1.29, 1.82) is 5.26 Å². The van der Waals surface area contributed by atoms with Crippen LogP contribution in [0.15, 0.2) is 28.8 Å². The lowest BCUT2D eigenvalue weighted by molar-refractivity contribution is -0.136. The molecule has 1 saturated heterocycles. The molecule has 0 spiro atoms. The average Bonchev–Trinajstić information content (AvgIpc) is 2.90. The fourth-order valence-electron chi connectivity index (χ4n) is 2.27. The van der Waals surface area contributed by atoms with E-state index in [0.717, 1.165) is 5.39 Å². The summed E-state index contributed by atoms with van der Waals surface area (Å²) in [5, 5.41) is 13.7. The SMILES string of the molecule is N#CC1CN(C(=O)Cc2noc3ccccc23)CCO1. The minimum absolute atomic E-state index is 0.0624. The van der Waals surface area contributed by atoms with Crippen molar-refractivity contribution >= 4 is 16.9 Å². The summed E-state index contributed by atoms with van der Waals surface area (Å²) in [4.78, 5) is 13.9. The minimum atomic E-state index is -0.540. The van der Waals surface area contributed by atoms with Crippen molar-refractivity contribution in [3.8, 4) is 6.07 Å². The van der Waals surface area contributed by atoms with Gasteiger partial charge >= 0.3 is 0 Å². The van der Waals surface area contributed by atoms with Crippen LogP contribution in [0.4, 0.5) is 0 Å². The Labute approximate surface area is 115 Å². The van der Waals surface area contributed by atoms with Gasteiger partial charge in [-0.3, -0.25) is 4.79 Å². The average molecular weight is 271 g/mol. The van der Waals surface area contributed by atoms with Crippen LogP contribution in [0.5, 0.6) is 0 Å². The summed E-state index contributed by atoms with van der Waals surface area (Å²) in [6.45, 7) is 1.21. The molecule has 3 rings (SSSR count). The second-order valence-corrected chi connectivity index (χ2v) is 4.63. The third-order valence-electron chi connectivity index (χ3n) is 3.33. The van der Waals surface area contributed by atoms with Gasteiger partial charge in [-0.2, -0.15) is 5.26 Å². The van der Waals surface area contributed by atoms with Gasteiger partial charge in [0.05, 0.1) is 25.6 Å². The molecule has 1 aliphatic rings. The van der Waals surface area contributed by atoms with Crippen LogP contribution < -0.4 is 0 Å². The van der Waals surface area contributed by atoms with E-state index in [0.29, 0.717) is 31.0 Å². The van der Waals surface area contributed by atoms with E-state index in [4.69, 9.17) is 14.5 Å². The number of ether oxygens (including phenoxy) is 1. The zero-order valence-electron chi connectivity index (χ0n) is 10.8. The number of carbonyl (C=O) groups excluding carboxylic acids is 1. The number of hydrogen-bond donors (Lipinski definition) is 0. The molecule has 1 amide bonds. The molecule has 2 heterocycles. The van der Waals surface area contributed by atoms with Crippen molar-refractivity contribution in [1.82, 2.24) is 10.1 Å². The summed E-state index contributed by atoms with van der Waals surface area (Å²) in [6, 6.07) is 9.47. The van der Waals surface area contributed by atoms with E-state index in [9.17, 15) is 4.79 Å². The van der Waals surface area contributed by atoms with Gasteiger partial charge in [0.2, 0.25) is 5.91 Å². The van der Waals surface area contributed by atoms with Crippen LogP contribution in [0, 0.1) is 11.3 Å². The van der Waals surface area contributed by atoms with Crippen molar-refractivity contribution in [3.05, 3.63) is 30.0 Å². The Morgan fingerprint density at radius 3 is 3.20 bits per heavy atom. The molecule has 0 aliphatic carbocycles. The Bertz CT molecular complexity index is 674. The van der Waals surface area contributed by atoms with E-state index in [1.54, 1.807) is 4.90 Å². The number of carbonyl (C=O) groups is 1. The summed E-state index contributed by atoms with van der Waals surface area (Å²) in [6.07, 6.45) is -0.364. The van der Waals surface area contributed by atoms with Gasteiger partial charge in [-0.1, -0.05) is 17.3 Å². The molecule has 1 fully saturated rings. The molecule has 20 heavy (non-hydrogen) atoms. The summed E-state index contributed by atoms with van der Waals surface area (Å²) >= 11 is 0. The fraction of sp³-hybridized carbons (Fsp3) is 0.357. The van der Waals surface area contributed by atoms with Gasteiger partial charge in [0.25, 0.3) is 0 Å². The molecule has 6 heteroatoms. The van der Waals surface area contributed by atoms with Crippen LogP contribution in [0.3, 0.4) is 0 Å². The highest BCUT2D eigenvalue weighted by molar-refractivity contribution is 5.86. The van der Waals surface area contributed by atoms with E-state index in [1.165, 1.54) is 0 Å². The molecule has 102 valence electrons. The number of nitriles is 1. The molecule has 1 aliphatic heterocycles. The van der Waals surface area contributed by atoms with E-state index in [2.05, 4.69) is 5.16 Å². The summed E-state index contributed by atoms with van der Waals surface area (Å²) in [5.74, 6) is -0.0624. The Morgan fingerprint density at radius 1 is 1.50 bits per heavy atom. The summed E-state index contributed by atoms with van der Waals surface area (Å²) < 4.78 is 10.4. The first-order valence-corrected chi connectivity index (χ1v) is 6.40. The van der Waals surface area contributed by atoms with Crippen LogP contribution in [-0.4, -0.2) is 41.8 Å². The predicted molar refractivity (Wildman–Crippen MR) is 69.6 cm³/mol. The highest BCUT2D eigenvalue weighted by Crippen LogP contribution is 2.19. The fourth-order valence-corrected chi connectivity index (χ4v) is 2.27. The molecule has 0 saturated carbocycles. The maximum Gasteiger partial charge on any atom is 0.228 e. The van der Waals surface area contributed by atoms with Crippen molar-refractivity contribution in [2.24, 2.45) is 0 Å². The summed E-state index contributed by atoms with van der Waals surface area (Å²) in [5.41, 5.74) is 1.30. The van der Waals surface area contributed by atoms with E-state index < -0.39 is 6.10 Å². The van der Waals surface area contributed by atoms with Gasteiger partial charge in [-0.15, -0.1) is 0 Å². The minimum Gasteiger partial charge on any atom is -0.360 e. The third kappa shape index (κ3) is 2.36. The largest absolute Gasteiger partial charge is 0.360 e. The molecule has 0 bridgehead atoms. The van der Waals surface area contributed by atoms with Crippen LogP contribution in [0.25, 0.3) is 11.0 Å². The molecular formula is C14H13N3O3. The number of morpholine rings is 1. The van der Waals surface area contributed by atoms with Crippen LogP contribution in [0.2, 0.25) is 0 Å². The maximum atomic E-state index is 12.2. The molecule has 2 aromatic rings. The maximum absolute atomic E-state index is 12.2. The van der Waals surface area contributed by atoms with Gasteiger partial charge in [0.15, 0.2) is 11.7 Å². The molecule has 1 aromatic carbocycles. The Balaban J connectivity index is 1.74. The number of benzene rings is 1. The van der Waals surface area contributed by atoms with Crippen molar-refractivity contribution in [2.45, 2.75) is 12.5 Å². The normalized spacial score (nSPS) is 18.9. The monoisotopic (exact) mass is 271 g/mol. The smallest absolute Gasteiger partial charge is 0.228 e. The number of aromatic nitrogens is 1. The lowest BCUT2D eigenvalue weighted by Gasteiger charge is -2.29. The Hall–Kier alpha value is -2.39. The zero-order chi connectivity index (χ0) is 13.9. The van der Waals surface area contributed by atoms with Crippen molar-refractivity contribution in [3.63, 3.8) is 0 Å². The molecule has 1 aromatic heterocycles. The quantitative estimate of drug-likeness (QED) is 0.817. The first kappa shape index (κ1) is 12.6. The number of hydrogen-bond acceptors (Lipinski definition) is 5. The van der Waals surface area contributed by atoms with Crippen molar-refractivity contribution in [2.75, 3.05) is 19.7 Å². The number of nitrogens with zero attached hydrogens (tertiary/aromatic N) is 3. The van der Waals surface area contributed by atoms with Gasteiger partial charge in [0, 0.05) is 11.9 Å². The lowest BCUT2D eigenvalue weighted by atomic mass is 10.1. The Kier molecular flexibility index (Phi) is 3.35. The van der Waals surface area contributed by atoms with Gasteiger partial charge in [-0.25, -0.2) is 0 Å². The molecule has 6 nitrogen and oxygen atoms in total. The number of rotatable bonds is 2. The highest BCUT2D eigenvalue weighted by Gasteiger charge is 2.25. The van der Waals surface area contributed by atoms with E-state index in [1.807, 2.05) is 30.3 Å². The van der Waals surface area contributed by atoms with E-state index in [-0.39, 0.29) is 12.3 Å². The standard InChI is InChI=1S/C14H13N3O3/c15-8-10-9-17(5-6-19-10)14(18)7-12-11-3-1-2-4-13(11)20-16-12/h1-4,10H,5-7,9H2. The van der Waals surface area contributed by atoms with Gasteiger partial charge < -0.3 is 14.2 Å². The Morgan fingerprint density at radius 2 is 2.35 bits per heavy atom. The molecular weight excluding hydrogens is 258 g/mol. The number of para-hydroxylation sites is 1. The second kappa shape index (κ2) is 5.31. The van der Waals surface area contributed by atoms with Crippen molar-refractivity contribution < 1.29 is 14.1 Å². The molecule has 1 unspecified atom stereocenters. The van der Waals surface area contributed by atoms with Crippen LogP contribution >= 0.6 is 0 Å². The van der Waals surface area contributed by atoms with Crippen LogP contribution in [-0.2, 0) is 16.0 Å². The second-order valence-electron chi connectivity index (χ2n) is 4.63. The lowest BCUT2D eigenvalue weighted by Crippen LogP contribution is -2.45. The van der Waals surface area contributed by atoms with Gasteiger partial charge in [-0.05, 0) is 12.1 Å². The number of amides is 1. The number of fused-ring (bicyclic) bond motifs is 1. The first-order valence-electron chi connectivity index (χ1n) is 6.40. The van der Waals surface area contributed by atoms with Crippen LogP contribution in [0.1, 0.15) is 5.69 Å². The summed E-state index contributed by atoms with van der Waals surface area (Å²) in [7, 11) is 0. The van der Waals surface area contributed by atoms with E-state index >= 15 is 0 Å². The molecule has 1 atom stereocenters. The zero-order valence-corrected chi connectivity index (χ0v) is 10.8. The molecule has 0 N–H and O–H groups in total.